The minimum atomic E-state index is 0.172. The first-order valence-electron chi connectivity index (χ1n) is 6.37. The maximum Gasteiger partial charge on any atom is 0.136 e. The summed E-state index contributed by atoms with van der Waals surface area (Å²) in [6.45, 7) is 3.00. The predicted octanol–water partition coefficient (Wildman–Crippen LogP) is 2.03. The first-order valence-corrected chi connectivity index (χ1v) is 6.37. The van der Waals surface area contributed by atoms with E-state index in [-0.39, 0.29) is 5.41 Å². The van der Waals surface area contributed by atoms with Gasteiger partial charge in [0.25, 0.3) is 0 Å². The van der Waals surface area contributed by atoms with Crippen molar-refractivity contribution >= 4 is 0 Å². The maximum absolute atomic E-state index is 4.76. The van der Waals surface area contributed by atoms with Crippen LogP contribution in [0.4, 0.5) is 0 Å². The van der Waals surface area contributed by atoms with E-state index in [1.54, 1.807) is 0 Å². The molecule has 2 N–H and O–H groups in total. The fourth-order valence-corrected chi connectivity index (χ4v) is 2.41. The van der Waals surface area contributed by atoms with E-state index in [9.17, 15) is 0 Å². The highest BCUT2D eigenvalue weighted by Crippen LogP contribution is 2.46. The number of rotatable bonds is 4. The normalized spacial score (nSPS) is 16.8. The molecule has 2 heterocycles. The van der Waals surface area contributed by atoms with Gasteiger partial charge >= 0.3 is 0 Å². The highest BCUT2D eigenvalue weighted by Gasteiger charge is 2.46. The van der Waals surface area contributed by atoms with E-state index in [1.165, 1.54) is 12.8 Å². The van der Waals surface area contributed by atoms with E-state index >= 15 is 0 Å². The van der Waals surface area contributed by atoms with Crippen LogP contribution in [0.3, 0.4) is 0 Å². The minimum Gasteiger partial charge on any atom is -0.367 e. The zero-order valence-corrected chi connectivity index (χ0v) is 10.8. The van der Waals surface area contributed by atoms with E-state index in [0.29, 0.717) is 0 Å². The molecule has 4 nitrogen and oxygen atoms in total. The zero-order chi connectivity index (χ0) is 12.6. The van der Waals surface area contributed by atoms with Gasteiger partial charge in [-0.25, -0.2) is 9.97 Å². The van der Waals surface area contributed by atoms with Crippen LogP contribution in [-0.2, 0) is 5.41 Å². The molecule has 2 aromatic heterocycles. The van der Waals surface area contributed by atoms with Crippen LogP contribution in [0.2, 0.25) is 0 Å². The van der Waals surface area contributed by atoms with Crippen molar-refractivity contribution in [1.82, 2.24) is 20.3 Å². The number of nitrogens with one attached hydrogen (secondary N) is 2. The van der Waals surface area contributed by atoms with E-state index in [1.807, 2.05) is 38.5 Å². The molecule has 0 aliphatic heterocycles. The fourth-order valence-electron chi connectivity index (χ4n) is 2.41. The van der Waals surface area contributed by atoms with Crippen LogP contribution < -0.4 is 5.32 Å². The molecule has 1 saturated carbocycles. The Morgan fingerprint density at radius 2 is 2.22 bits per heavy atom. The molecule has 1 aliphatic carbocycles. The Kier molecular flexibility index (Phi) is 2.67. The lowest BCUT2D eigenvalue weighted by molar-refractivity contribution is 0.586. The summed E-state index contributed by atoms with van der Waals surface area (Å²) in [5.41, 5.74) is 3.35. The number of aryl methyl sites for hydroxylation is 1. The van der Waals surface area contributed by atoms with Crippen molar-refractivity contribution in [3.8, 4) is 11.3 Å². The Bertz CT molecular complexity index is 541. The Balaban J connectivity index is 2.02. The molecule has 0 spiro atoms. The van der Waals surface area contributed by atoms with E-state index in [0.717, 1.165) is 29.3 Å². The first kappa shape index (κ1) is 11.4. The van der Waals surface area contributed by atoms with Crippen LogP contribution in [0.1, 0.15) is 24.4 Å². The molecule has 3 rings (SSSR count). The van der Waals surface area contributed by atoms with Crippen molar-refractivity contribution in [3.05, 3.63) is 36.0 Å². The van der Waals surface area contributed by atoms with Gasteiger partial charge in [-0.15, -0.1) is 0 Å². The van der Waals surface area contributed by atoms with Gasteiger partial charge in [0, 0.05) is 35.6 Å². The van der Waals surface area contributed by atoms with Crippen molar-refractivity contribution in [2.75, 3.05) is 13.6 Å². The summed E-state index contributed by atoms with van der Waals surface area (Å²) in [5, 5.41) is 3.26. The highest BCUT2D eigenvalue weighted by atomic mass is 15.0. The zero-order valence-electron chi connectivity index (χ0n) is 10.8. The van der Waals surface area contributed by atoms with Gasteiger partial charge < -0.3 is 10.3 Å². The Morgan fingerprint density at radius 3 is 2.83 bits per heavy atom. The summed E-state index contributed by atoms with van der Waals surface area (Å²) in [6.07, 6.45) is 6.27. The number of H-pyrrole nitrogens is 1. The standard InChI is InChI=1S/C14H18N4/c1-10-7-12(11-3-6-16-8-11)18-13(17-10)14(4-5-14)9-15-2/h3,6-8,15-16H,4-5,9H2,1-2H3. The van der Waals surface area contributed by atoms with Crippen LogP contribution in [-0.4, -0.2) is 28.5 Å². The lowest BCUT2D eigenvalue weighted by Gasteiger charge is -2.14. The topological polar surface area (TPSA) is 53.6 Å². The third-order valence-corrected chi connectivity index (χ3v) is 3.59. The number of nitrogens with zero attached hydrogens (tertiary/aromatic N) is 2. The van der Waals surface area contributed by atoms with E-state index < -0.39 is 0 Å². The summed E-state index contributed by atoms with van der Waals surface area (Å²) < 4.78 is 0. The van der Waals surface area contributed by atoms with Gasteiger partial charge in [-0.2, -0.15) is 0 Å². The minimum absolute atomic E-state index is 0.172. The SMILES string of the molecule is CNCC1(c2nc(C)cc(-c3cc[nH]c3)n2)CC1. The van der Waals surface area contributed by atoms with Crippen LogP contribution >= 0.6 is 0 Å². The Hall–Kier alpha value is -1.68. The molecule has 0 amide bonds. The van der Waals surface area contributed by atoms with E-state index in [4.69, 9.17) is 4.98 Å². The molecule has 0 aromatic carbocycles. The number of hydrogen-bond donors (Lipinski definition) is 2. The number of likely N-dealkylation sites (N-methyl/N-ethyl adjacent to an activating group) is 1. The summed E-state index contributed by atoms with van der Waals surface area (Å²) in [6, 6.07) is 4.09. The monoisotopic (exact) mass is 242 g/mol. The molecular weight excluding hydrogens is 224 g/mol. The third-order valence-electron chi connectivity index (χ3n) is 3.59. The molecule has 0 atom stereocenters. The molecule has 2 aromatic rings. The van der Waals surface area contributed by atoms with Crippen molar-refractivity contribution in [3.63, 3.8) is 0 Å². The summed E-state index contributed by atoms with van der Waals surface area (Å²) in [4.78, 5) is 12.5. The lowest BCUT2D eigenvalue weighted by Crippen LogP contribution is -2.26. The van der Waals surface area contributed by atoms with Gasteiger partial charge in [-0.3, -0.25) is 0 Å². The smallest absolute Gasteiger partial charge is 0.136 e. The van der Waals surface area contributed by atoms with Crippen molar-refractivity contribution in [1.29, 1.82) is 0 Å². The molecule has 0 bridgehead atoms. The summed E-state index contributed by atoms with van der Waals surface area (Å²) >= 11 is 0. The second-order valence-corrected chi connectivity index (χ2v) is 5.13. The molecule has 1 fully saturated rings. The largest absolute Gasteiger partial charge is 0.367 e. The van der Waals surface area contributed by atoms with Crippen LogP contribution in [0.25, 0.3) is 11.3 Å². The first-order chi connectivity index (χ1) is 8.73. The van der Waals surface area contributed by atoms with Crippen molar-refractivity contribution < 1.29 is 0 Å². The van der Waals surface area contributed by atoms with Crippen LogP contribution in [0.15, 0.2) is 24.5 Å². The number of hydrogen-bond acceptors (Lipinski definition) is 3. The molecule has 94 valence electrons. The van der Waals surface area contributed by atoms with Crippen LogP contribution in [0.5, 0.6) is 0 Å². The van der Waals surface area contributed by atoms with Gasteiger partial charge in [-0.1, -0.05) is 0 Å². The molecule has 0 radical (unpaired) electrons. The molecular formula is C14H18N4. The Morgan fingerprint density at radius 1 is 1.39 bits per heavy atom. The molecule has 18 heavy (non-hydrogen) atoms. The quantitative estimate of drug-likeness (QED) is 0.862. The van der Waals surface area contributed by atoms with Gasteiger partial charge in [0.15, 0.2) is 0 Å². The maximum atomic E-state index is 4.76. The third kappa shape index (κ3) is 1.93. The van der Waals surface area contributed by atoms with Crippen LogP contribution in [0, 0.1) is 6.92 Å². The second kappa shape index (κ2) is 4.21. The van der Waals surface area contributed by atoms with Gasteiger partial charge in [0.1, 0.15) is 5.82 Å². The molecule has 4 heteroatoms. The van der Waals surface area contributed by atoms with Crippen molar-refractivity contribution in [2.24, 2.45) is 0 Å². The Labute approximate surface area is 107 Å². The number of aromatic nitrogens is 3. The average Bonchev–Trinajstić information content (AvgIpc) is 2.93. The summed E-state index contributed by atoms with van der Waals surface area (Å²) in [5.74, 6) is 0.994. The van der Waals surface area contributed by atoms with Crippen molar-refractivity contribution in [2.45, 2.75) is 25.2 Å². The second-order valence-electron chi connectivity index (χ2n) is 5.13. The number of aromatic amines is 1. The predicted molar refractivity (Wildman–Crippen MR) is 71.4 cm³/mol. The molecule has 1 aliphatic rings. The van der Waals surface area contributed by atoms with Gasteiger partial charge in [-0.05, 0) is 38.9 Å². The highest BCUT2D eigenvalue weighted by molar-refractivity contribution is 5.58. The van der Waals surface area contributed by atoms with Gasteiger partial charge in [0.05, 0.1) is 5.69 Å². The fraction of sp³-hybridized carbons (Fsp3) is 0.429. The van der Waals surface area contributed by atoms with Gasteiger partial charge in [0.2, 0.25) is 0 Å². The average molecular weight is 242 g/mol. The summed E-state index contributed by atoms with van der Waals surface area (Å²) in [7, 11) is 1.99. The van der Waals surface area contributed by atoms with E-state index in [2.05, 4.69) is 15.3 Å². The molecule has 0 unspecified atom stereocenters. The molecule has 0 saturated heterocycles. The lowest BCUT2D eigenvalue weighted by atomic mass is 10.1.